The molecule has 2 rings (SSSR count). The van der Waals surface area contributed by atoms with Crippen LogP contribution in [0.15, 0.2) is 18.5 Å². The third kappa shape index (κ3) is 3.91. The SMILES string of the molecule is CN1CCC[C@H]1c1cncc(OCCNC(=O)CN)c1. The fourth-order valence-electron chi connectivity index (χ4n) is 2.46. The number of rotatable bonds is 6. The first-order chi connectivity index (χ1) is 9.70. The van der Waals surface area contributed by atoms with Gasteiger partial charge in [-0.25, -0.2) is 0 Å². The summed E-state index contributed by atoms with van der Waals surface area (Å²) in [5, 5.41) is 2.66. The topological polar surface area (TPSA) is 80.5 Å². The molecule has 3 N–H and O–H groups in total. The van der Waals surface area contributed by atoms with Crippen LogP contribution in [0.1, 0.15) is 24.4 Å². The molecule has 0 unspecified atom stereocenters. The van der Waals surface area contributed by atoms with Crippen LogP contribution in [0.2, 0.25) is 0 Å². The van der Waals surface area contributed by atoms with Crippen molar-refractivity contribution in [1.82, 2.24) is 15.2 Å². The van der Waals surface area contributed by atoms with Gasteiger partial charge in [-0.1, -0.05) is 0 Å². The molecule has 0 saturated carbocycles. The van der Waals surface area contributed by atoms with Crippen molar-refractivity contribution in [1.29, 1.82) is 0 Å². The molecule has 1 aliphatic rings. The first kappa shape index (κ1) is 14.7. The number of ether oxygens (including phenoxy) is 1. The molecular formula is C14H22N4O2. The predicted octanol–water partition coefficient (Wildman–Crippen LogP) is 0.302. The Morgan fingerprint density at radius 1 is 1.60 bits per heavy atom. The van der Waals surface area contributed by atoms with Gasteiger partial charge < -0.3 is 15.8 Å². The van der Waals surface area contributed by atoms with Crippen LogP contribution in [0.3, 0.4) is 0 Å². The van der Waals surface area contributed by atoms with Crippen LogP contribution in [-0.2, 0) is 4.79 Å². The molecule has 0 aromatic carbocycles. The Hall–Kier alpha value is -1.66. The molecule has 6 heteroatoms. The van der Waals surface area contributed by atoms with E-state index in [4.69, 9.17) is 10.5 Å². The largest absolute Gasteiger partial charge is 0.490 e. The number of amides is 1. The van der Waals surface area contributed by atoms with E-state index in [1.165, 1.54) is 12.0 Å². The molecule has 0 spiro atoms. The maximum Gasteiger partial charge on any atom is 0.233 e. The summed E-state index contributed by atoms with van der Waals surface area (Å²) in [4.78, 5) is 17.5. The molecule has 1 amide bonds. The minimum atomic E-state index is -0.173. The van der Waals surface area contributed by atoms with Crippen molar-refractivity contribution >= 4 is 5.91 Å². The maximum atomic E-state index is 11.0. The third-order valence-corrected chi connectivity index (χ3v) is 3.52. The van der Waals surface area contributed by atoms with Crippen molar-refractivity contribution in [3.63, 3.8) is 0 Å². The molecule has 1 fully saturated rings. The van der Waals surface area contributed by atoms with E-state index in [0.717, 1.165) is 18.7 Å². The second kappa shape index (κ2) is 7.21. The summed E-state index contributed by atoms with van der Waals surface area (Å²) in [5.41, 5.74) is 6.39. The Labute approximate surface area is 119 Å². The summed E-state index contributed by atoms with van der Waals surface area (Å²) in [5.74, 6) is 0.567. The van der Waals surface area contributed by atoms with Gasteiger partial charge in [-0.15, -0.1) is 0 Å². The lowest BCUT2D eigenvalue weighted by Gasteiger charge is -2.19. The summed E-state index contributed by atoms with van der Waals surface area (Å²) >= 11 is 0. The van der Waals surface area contributed by atoms with Gasteiger partial charge in [0.05, 0.1) is 19.3 Å². The second-order valence-corrected chi connectivity index (χ2v) is 5.00. The van der Waals surface area contributed by atoms with Gasteiger partial charge >= 0.3 is 0 Å². The van der Waals surface area contributed by atoms with Crippen molar-refractivity contribution < 1.29 is 9.53 Å². The van der Waals surface area contributed by atoms with E-state index in [9.17, 15) is 4.79 Å². The van der Waals surface area contributed by atoms with Crippen molar-refractivity contribution in [2.24, 2.45) is 5.73 Å². The lowest BCUT2D eigenvalue weighted by molar-refractivity contribution is -0.119. The summed E-state index contributed by atoms with van der Waals surface area (Å²) < 4.78 is 5.60. The highest BCUT2D eigenvalue weighted by Gasteiger charge is 2.22. The molecule has 20 heavy (non-hydrogen) atoms. The number of nitrogens with zero attached hydrogens (tertiary/aromatic N) is 2. The molecule has 2 heterocycles. The lowest BCUT2D eigenvalue weighted by atomic mass is 10.1. The zero-order valence-corrected chi connectivity index (χ0v) is 11.8. The summed E-state index contributed by atoms with van der Waals surface area (Å²) in [7, 11) is 2.13. The van der Waals surface area contributed by atoms with Gasteiger partial charge in [-0.2, -0.15) is 0 Å². The van der Waals surface area contributed by atoms with E-state index >= 15 is 0 Å². The first-order valence-electron chi connectivity index (χ1n) is 6.95. The molecule has 1 atom stereocenters. The highest BCUT2D eigenvalue weighted by molar-refractivity contribution is 5.77. The minimum absolute atomic E-state index is 0.00502. The predicted molar refractivity (Wildman–Crippen MR) is 76.4 cm³/mol. The van der Waals surface area contributed by atoms with Crippen LogP contribution in [0.5, 0.6) is 5.75 Å². The standard InChI is InChI=1S/C14H22N4O2/c1-18-5-2-3-13(18)11-7-12(10-16-9-11)20-6-4-17-14(19)8-15/h7,9-10,13H,2-6,8,15H2,1H3,(H,17,19)/t13-/m0/s1. The fourth-order valence-corrected chi connectivity index (χ4v) is 2.46. The van der Waals surface area contributed by atoms with Gasteiger partial charge in [0.15, 0.2) is 0 Å². The van der Waals surface area contributed by atoms with E-state index in [2.05, 4.69) is 22.2 Å². The van der Waals surface area contributed by atoms with Crippen LogP contribution in [0.25, 0.3) is 0 Å². The van der Waals surface area contributed by atoms with Crippen LogP contribution in [0, 0.1) is 0 Å². The average molecular weight is 278 g/mol. The van der Waals surface area contributed by atoms with Gasteiger partial charge in [-0.3, -0.25) is 14.7 Å². The zero-order valence-electron chi connectivity index (χ0n) is 11.8. The van der Waals surface area contributed by atoms with E-state index in [1.807, 2.05) is 12.3 Å². The highest BCUT2D eigenvalue weighted by atomic mass is 16.5. The maximum absolute atomic E-state index is 11.0. The Morgan fingerprint density at radius 2 is 2.45 bits per heavy atom. The van der Waals surface area contributed by atoms with E-state index in [-0.39, 0.29) is 12.5 Å². The minimum Gasteiger partial charge on any atom is -0.490 e. The number of nitrogens with one attached hydrogen (secondary N) is 1. The molecule has 110 valence electrons. The van der Waals surface area contributed by atoms with Crippen molar-refractivity contribution in [3.8, 4) is 5.75 Å². The molecule has 1 aromatic heterocycles. The van der Waals surface area contributed by atoms with Gasteiger partial charge in [0, 0.05) is 12.2 Å². The molecule has 0 radical (unpaired) electrons. The fraction of sp³-hybridized carbons (Fsp3) is 0.571. The van der Waals surface area contributed by atoms with Crippen LogP contribution in [-0.4, -0.2) is 49.1 Å². The van der Waals surface area contributed by atoms with Gasteiger partial charge in [0.2, 0.25) is 5.91 Å². The molecule has 1 aromatic rings. The smallest absolute Gasteiger partial charge is 0.233 e. The highest BCUT2D eigenvalue weighted by Crippen LogP contribution is 2.31. The van der Waals surface area contributed by atoms with E-state index in [1.54, 1.807) is 6.20 Å². The van der Waals surface area contributed by atoms with Gasteiger partial charge in [0.25, 0.3) is 0 Å². The number of pyridine rings is 1. The number of aromatic nitrogens is 1. The van der Waals surface area contributed by atoms with E-state index in [0.29, 0.717) is 19.2 Å². The molecular weight excluding hydrogens is 256 g/mol. The van der Waals surface area contributed by atoms with Crippen LogP contribution < -0.4 is 15.8 Å². The van der Waals surface area contributed by atoms with Crippen molar-refractivity contribution in [2.75, 3.05) is 33.3 Å². The monoisotopic (exact) mass is 278 g/mol. The molecule has 6 nitrogen and oxygen atoms in total. The quantitative estimate of drug-likeness (QED) is 0.732. The van der Waals surface area contributed by atoms with Gasteiger partial charge in [0.1, 0.15) is 12.4 Å². The number of carbonyl (C=O) groups excluding carboxylic acids is 1. The van der Waals surface area contributed by atoms with Crippen LogP contribution >= 0.6 is 0 Å². The van der Waals surface area contributed by atoms with Crippen LogP contribution in [0.4, 0.5) is 0 Å². The lowest BCUT2D eigenvalue weighted by Crippen LogP contribution is -2.33. The number of likely N-dealkylation sites (tertiary alicyclic amines) is 1. The summed E-state index contributed by atoms with van der Waals surface area (Å²) in [6.07, 6.45) is 5.98. The van der Waals surface area contributed by atoms with Crippen molar-refractivity contribution in [2.45, 2.75) is 18.9 Å². The van der Waals surface area contributed by atoms with E-state index < -0.39 is 0 Å². The third-order valence-electron chi connectivity index (χ3n) is 3.52. The second-order valence-electron chi connectivity index (χ2n) is 5.00. The average Bonchev–Trinajstić information content (AvgIpc) is 2.90. The molecule has 1 saturated heterocycles. The Balaban J connectivity index is 1.85. The summed E-state index contributed by atoms with van der Waals surface area (Å²) in [6, 6.07) is 2.47. The number of hydrogen-bond acceptors (Lipinski definition) is 5. The Kier molecular flexibility index (Phi) is 5.31. The van der Waals surface area contributed by atoms with Crippen molar-refractivity contribution in [3.05, 3.63) is 24.0 Å². The van der Waals surface area contributed by atoms with Gasteiger partial charge in [-0.05, 0) is 38.1 Å². The molecule has 0 bridgehead atoms. The number of carbonyl (C=O) groups is 1. The zero-order chi connectivity index (χ0) is 14.4. The Morgan fingerprint density at radius 3 is 3.15 bits per heavy atom. The first-order valence-corrected chi connectivity index (χ1v) is 6.95. The summed E-state index contributed by atoms with van der Waals surface area (Å²) in [6.45, 7) is 1.99. The number of hydrogen-bond donors (Lipinski definition) is 2. The molecule has 1 aliphatic heterocycles. The molecule has 0 aliphatic carbocycles. The number of nitrogens with two attached hydrogens (primary N) is 1. The normalized spacial score (nSPS) is 19.0. The Bertz CT molecular complexity index is 453.